The number of hydrogen-bond donors (Lipinski definition) is 1. The van der Waals surface area contributed by atoms with Gasteiger partial charge in [-0.15, -0.1) is 0 Å². The summed E-state index contributed by atoms with van der Waals surface area (Å²) in [5.41, 5.74) is 2.94. The second-order valence-electron chi connectivity index (χ2n) is 9.11. The molecule has 6 heteroatoms. The van der Waals surface area contributed by atoms with Crippen molar-refractivity contribution in [2.24, 2.45) is 0 Å². The van der Waals surface area contributed by atoms with Crippen LogP contribution in [0.3, 0.4) is 0 Å². The maximum absolute atomic E-state index is 11.1. The lowest BCUT2D eigenvalue weighted by Gasteiger charge is -2.45. The standard InChI is InChI=1S/C30H32O6/c1-32-17-25-27(33-2)29(34-3)30(35-4)28(36-25)26-23-14-12-19(16-20(23)13-15-24(26)31)22-11-7-9-18-8-5-6-10-21(18)22/h5-16,25,27-31H,17H2,1-4H3. The third kappa shape index (κ3) is 4.25. The number of fused-ring (bicyclic) bond motifs is 2. The summed E-state index contributed by atoms with van der Waals surface area (Å²) in [5, 5.41) is 15.4. The van der Waals surface area contributed by atoms with Gasteiger partial charge in [0.2, 0.25) is 0 Å². The van der Waals surface area contributed by atoms with Crippen LogP contribution in [-0.4, -0.2) is 64.6 Å². The van der Waals surface area contributed by atoms with E-state index in [0.29, 0.717) is 12.2 Å². The van der Waals surface area contributed by atoms with Gasteiger partial charge in [0, 0.05) is 34.0 Å². The van der Waals surface area contributed by atoms with Gasteiger partial charge in [-0.1, -0.05) is 60.7 Å². The SMILES string of the molecule is COCC1OC(c2c(O)ccc3cc(-c4cccc5ccccc45)ccc23)C(OC)C(OC)C1OC. The zero-order chi connectivity index (χ0) is 25.2. The van der Waals surface area contributed by atoms with Crippen molar-refractivity contribution in [2.45, 2.75) is 30.5 Å². The van der Waals surface area contributed by atoms with Gasteiger partial charge in [0.1, 0.15) is 36.3 Å². The molecule has 1 aliphatic heterocycles. The van der Waals surface area contributed by atoms with Gasteiger partial charge in [0.25, 0.3) is 0 Å². The van der Waals surface area contributed by atoms with Crippen LogP contribution in [0.5, 0.6) is 5.75 Å². The summed E-state index contributed by atoms with van der Waals surface area (Å²) in [7, 11) is 6.50. The van der Waals surface area contributed by atoms with Crippen LogP contribution in [-0.2, 0) is 23.7 Å². The molecule has 0 aromatic heterocycles. The molecular weight excluding hydrogens is 456 g/mol. The minimum absolute atomic E-state index is 0.148. The summed E-state index contributed by atoms with van der Waals surface area (Å²) in [5.74, 6) is 0.148. The fourth-order valence-corrected chi connectivity index (χ4v) is 5.54. The molecule has 1 aliphatic rings. The highest BCUT2D eigenvalue weighted by Crippen LogP contribution is 2.43. The molecule has 0 saturated carbocycles. The van der Waals surface area contributed by atoms with Crippen molar-refractivity contribution >= 4 is 21.5 Å². The first-order chi connectivity index (χ1) is 17.6. The number of ether oxygens (including phenoxy) is 5. The molecule has 0 bridgehead atoms. The first-order valence-corrected chi connectivity index (χ1v) is 12.1. The van der Waals surface area contributed by atoms with Gasteiger partial charge >= 0.3 is 0 Å². The summed E-state index contributed by atoms with van der Waals surface area (Å²) < 4.78 is 29.3. The molecule has 5 unspecified atom stereocenters. The van der Waals surface area contributed by atoms with E-state index in [1.807, 2.05) is 12.1 Å². The van der Waals surface area contributed by atoms with Gasteiger partial charge in [-0.2, -0.15) is 0 Å². The molecule has 1 fully saturated rings. The molecule has 5 rings (SSSR count). The Hall–Kier alpha value is -3.00. The maximum Gasteiger partial charge on any atom is 0.122 e. The summed E-state index contributed by atoms with van der Waals surface area (Å²) in [6.07, 6.45) is -2.28. The summed E-state index contributed by atoms with van der Waals surface area (Å²) >= 11 is 0. The van der Waals surface area contributed by atoms with Crippen molar-refractivity contribution in [3.05, 3.63) is 78.4 Å². The molecule has 0 spiro atoms. The predicted molar refractivity (Wildman–Crippen MR) is 140 cm³/mol. The Morgan fingerprint density at radius 1 is 0.722 bits per heavy atom. The number of aromatic hydroxyl groups is 1. The second kappa shape index (κ2) is 10.5. The lowest BCUT2D eigenvalue weighted by molar-refractivity contribution is -0.252. The number of hydrogen-bond acceptors (Lipinski definition) is 6. The number of benzene rings is 4. The van der Waals surface area contributed by atoms with Crippen LogP contribution in [0.4, 0.5) is 0 Å². The minimum atomic E-state index is -0.585. The first-order valence-electron chi connectivity index (χ1n) is 12.1. The highest BCUT2D eigenvalue weighted by molar-refractivity contribution is 5.99. The van der Waals surface area contributed by atoms with E-state index in [0.717, 1.165) is 21.9 Å². The Balaban J connectivity index is 1.63. The third-order valence-corrected chi connectivity index (χ3v) is 7.20. The Bertz CT molecular complexity index is 1350. The fraction of sp³-hybridized carbons (Fsp3) is 0.333. The molecule has 4 aromatic carbocycles. The van der Waals surface area contributed by atoms with Crippen molar-refractivity contribution < 1.29 is 28.8 Å². The van der Waals surface area contributed by atoms with Gasteiger partial charge in [-0.3, -0.25) is 0 Å². The maximum atomic E-state index is 11.1. The molecule has 4 aromatic rings. The molecule has 0 amide bonds. The topological polar surface area (TPSA) is 66.4 Å². The molecule has 1 N–H and O–H groups in total. The van der Waals surface area contributed by atoms with E-state index in [9.17, 15) is 5.11 Å². The fourth-order valence-electron chi connectivity index (χ4n) is 5.54. The molecule has 6 nitrogen and oxygen atoms in total. The van der Waals surface area contributed by atoms with Crippen molar-refractivity contribution in [1.29, 1.82) is 0 Å². The van der Waals surface area contributed by atoms with E-state index < -0.39 is 24.4 Å². The monoisotopic (exact) mass is 488 g/mol. The third-order valence-electron chi connectivity index (χ3n) is 7.20. The molecular formula is C30H32O6. The molecule has 36 heavy (non-hydrogen) atoms. The summed E-state index contributed by atoms with van der Waals surface area (Å²) in [4.78, 5) is 0. The van der Waals surface area contributed by atoms with E-state index in [1.54, 1.807) is 34.5 Å². The van der Waals surface area contributed by atoms with Crippen LogP contribution in [0.15, 0.2) is 72.8 Å². The highest BCUT2D eigenvalue weighted by Gasteiger charge is 2.48. The van der Waals surface area contributed by atoms with E-state index in [4.69, 9.17) is 23.7 Å². The van der Waals surface area contributed by atoms with Crippen LogP contribution < -0.4 is 0 Å². The molecule has 5 atom stereocenters. The Morgan fingerprint density at radius 2 is 1.47 bits per heavy atom. The van der Waals surface area contributed by atoms with Crippen LogP contribution in [0.2, 0.25) is 0 Å². The van der Waals surface area contributed by atoms with Crippen LogP contribution in [0.1, 0.15) is 11.7 Å². The van der Waals surface area contributed by atoms with Crippen molar-refractivity contribution in [3.8, 4) is 16.9 Å². The van der Waals surface area contributed by atoms with Crippen molar-refractivity contribution in [2.75, 3.05) is 35.0 Å². The number of phenols is 1. The van der Waals surface area contributed by atoms with Gasteiger partial charge in [-0.25, -0.2) is 0 Å². The number of methoxy groups -OCH3 is 4. The quantitative estimate of drug-likeness (QED) is 0.371. The second-order valence-corrected chi connectivity index (χ2v) is 9.11. The normalized spacial score (nSPS) is 24.4. The van der Waals surface area contributed by atoms with Gasteiger partial charge in [0.05, 0.1) is 6.61 Å². The molecule has 1 saturated heterocycles. The van der Waals surface area contributed by atoms with Crippen LogP contribution >= 0.6 is 0 Å². The largest absolute Gasteiger partial charge is 0.508 e. The zero-order valence-corrected chi connectivity index (χ0v) is 21.0. The average molecular weight is 489 g/mol. The first kappa shape index (κ1) is 24.7. The van der Waals surface area contributed by atoms with Crippen LogP contribution in [0.25, 0.3) is 32.7 Å². The van der Waals surface area contributed by atoms with Crippen LogP contribution in [0, 0.1) is 0 Å². The van der Waals surface area contributed by atoms with E-state index in [-0.39, 0.29) is 11.9 Å². The molecule has 0 radical (unpaired) electrons. The predicted octanol–water partition coefficient (Wildman–Crippen LogP) is 5.50. The Labute approximate surface area is 211 Å². The van der Waals surface area contributed by atoms with Gasteiger partial charge in [0.15, 0.2) is 0 Å². The molecule has 0 aliphatic carbocycles. The van der Waals surface area contributed by atoms with Crippen molar-refractivity contribution in [1.82, 2.24) is 0 Å². The average Bonchev–Trinajstić information content (AvgIpc) is 2.92. The number of rotatable bonds is 7. The summed E-state index contributed by atoms with van der Waals surface area (Å²) in [6.45, 7) is 0.321. The lowest BCUT2D eigenvalue weighted by atomic mass is 9.87. The molecule has 1 heterocycles. The van der Waals surface area contributed by atoms with E-state index in [1.165, 1.54) is 10.8 Å². The smallest absolute Gasteiger partial charge is 0.122 e. The minimum Gasteiger partial charge on any atom is -0.508 e. The molecule has 188 valence electrons. The van der Waals surface area contributed by atoms with E-state index in [2.05, 4.69) is 54.6 Å². The highest BCUT2D eigenvalue weighted by atomic mass is 16.6. The Kier molecular flexibility index (Phi) is 7.23. The van der Waals surface area contributed by atoms with E-state index >= 15 is 0 Å². The number of phenolic OH excluding ortho intramolecular Hbond substituents is 1. The van der Waals surface area contributed by atoms with Gasteiger partial charge in [-0.05, 0) is 44.8 Å². The summed E-state index contributed by atoms with van der Waals surface area (Å²) in [6, 6.07) is 24.7. The zero-order valence-electron chi connectivity index (χ0n) is 21.0. The Morgan fingerprint density at radius 3 is 2.22 bits per heavy atom. The van der Waals surface area contributed by atoms with Crippen molar-refractivity contribution in [3.63, 3.8) is 0 Å². The van der Waals surface area contributed by atoms with Gasteiger partial charge < -0.3 is 28.8 Å². The lowest BCUT2D eigenvalue weighted by Crippen LogP contribution is -2.57.